The second kappa shape index (κ2) is 5.77. The van der Waals surface area contributed by atoms with Crippen molar-refractivity contribution < 1.29 is 9.84 Å². The van der Waals surface area contributed by atoms with E-state index in [4.69, 9.17) is 4.74 Å². The summed E-state index contributed by atoms with van der Waals surface area (Å²) < 4.78 is 5.84. The molecule has 3 rings (SSSR count). The Morgan fingerprint density at radius 1 is 1.05 bits per heavy atom. The highest BCUT2D eigenvalue weighted by Gasteiger charge is 2.35. The first-order valence-corrected chi connectivity index (χ1v) is 8.02. The molecule has 0 bridgehead atoms. The highest BCUT2D eigenvalue weighted by Crippen LogP contribution is 2.38. The first kappa shape index (κ1) is 13.9. The van der Waals surface area contributed by atoms with E-state index in [1.54, 1.807) is 0 Å². The van der Waals surface area contributed by atoms with Crippen LogP contribution in [0, 0.1) is 23.7 Å². The van der Waals surface area contributed by atoms with Gasteiger partial charge in [0.15, 0.2) is 0 Å². The predicted molar refractivity (Wildman–Crippen MR) is 80.8 cm³/mol. The van der Waals surface area contributed by atoms with Crippen molar-refractivity contribution in [2.75, 3.05) is 6.61 Å². The molecule has 1 heterocycles. The van der Waals surface area contributed by atoms with Crippen molar-refractivity contribution in [3.63, 3.8) is 0 Å². The van der Waals surface area contributed by atoms with E-state index in [-0.39, 0.29) is 12.0 Å². The molecule has 0 saturated heterocycles. The quantitative estimate of drug-likeness (QED) is 0.891. The van der Waals surface area contributed by atoms with Crippen molar-refractivity contribution in [2.45, 2.75) is 45.6 Å². The Hall–Kier alpha value is -1.02. The number of ether oxygens (including phenoxy) is 1. The van der Waals surface area contributed by atoms with E-state index in [2.05, 4.69) is 26.0 Å². The number of aliphatic hydroxyl groups excluding tert-OH is 1. The van der Waals surface area contributed by atoms with Crippen LogP contribution in [0.3, 0.4) is 0 Å². The van der Waals surface area contributed by atoms with Gasteiger partial charge in [-0.1, -0.05) is 32.0 Å². The minimum absolute atomic E-state index is 0.214. The molecule has 1 N–H and O–H groups in total. The molecule has 1 fully saturated rings. The topological polar surface area (TPSA) is 29.5 Å². The Labute approximate surface area is 122 Å². The minimum atomic E-state index is -0.214. The molecular weight excluding hydrogens is 248 g/mol. The number of hydrogen-bond donors (Lipinski definition) is 1. The maximum atomic E-state index is 10.8. The lowest BCUT2D eigenvalue weighted by Crippen LogP contribution is -2.39. The van der Waals surface area contributed by atoms with E-state index < -0.39 is 0 Å². The van der Waals surface area contributed by atoms with Crippen LogP contribution >= 0.6 is 0 Å². The molecule has 4 atom stereocenters. The SMILES string of the molecule is CC1CC(C)CC(C(O)C2COc3ccccc3C2)C1. The molecule has 0 spiro atoms. The number of hydrogen-bond acceptors (Lipinski definition) is 2. The summed E-state index contributed by atoms with van der Waals surface area (Å²) in [5.74, 6) is 3.20. The van der Waals surface area contributed by atoms with Crippen LogP contribution in [0.1, 0.15) is 38.7 Å². The molecule has 4 unspecified atom stereocenters. The highest BCUT2D eigenvalue weighted by molar-refractivity contribution is 5.35. The van der Waals surface area contributed by atoms with Gasteiger partial charge >= 0.3 is 0 Å². The zero-order chi connectivity index (χ0) is 14.1. The molecule has 0 amide bonds. The normalized spacial score (nSPS) is 35.0. The van der Waals surface area contributed by atoms with Crippen LogP contribution in [0.25, 0.3) is 0 Å². The third-order valence-electron chi connectivity index (χ3n) is 5.09. The third kappa shape index (κ3) is 2.85. The zero-order valence-electron chi connectivity index (χ0n) is 12.6. The van der Waals surface area contributed by atoms with Gasteiger partial charge in [0.25, 0.3) is 0 Å². The van der Waals surface area contributed by atoms with Gasteiger partial charge in [-0.3, -0.25) is 0 Å². The maximum Gasteiger partial charge on any atom is 0.122 e. The monoisotopic (exact) mass is 274 g/mol. The number of fused-ring (bicyclic) bond motifs is 1. The lowest BCUT2D eigenvalue weighted by molar-refractivity contribution is -0.00763. The van der Waals surface area contributed by atoms with Crippen LogP contribution in [-0.4, -0.2) is 17.8 Å². The summed E-state index contributed by atoms with van der Waals surface area (Å²) in [4.78, 5) is 0. The van der Waals surface area contributed by atoms with E-state index in [9.17, 15) is 5.11 Å². The molecular formula is C18H26O2. The Balaban J connectivity index is 1.68. The lowest BCUT2D eigenvalue weighted by Gasteiger charge is -2.38. The number of rotatable bonds is 2. The summed E-state index contributed by atoms with van der Waals surface area (Å²) in [5, 5.41) is 10.8. The molecule has 110 valence electrons. The second-order valence-corrected chi connectivity index (χ2v) is 7.05. The molecule has 1 aromatic carbocycles. The van der Waals surface area contributed by atoms with Gasteiger partial charge in [-0.2, -0.15) is 0 Å². The van der Waals surface area contributed by atoms with E-state index in [0.717, 1.165) is 24.0 Å². The van der Waals surface area contributed by atoms with Crippen LogP contribution in [-0.2, 0) is 6.42 Å². The van der Waals surface area contributed by atoms with E-state index in [1.807, 2.05) is 12.1 Å². The molecule has 0 radical (unpaired) electrons. The van der Waals surface area contributed by atoms with Gasteiger partial charge < -0.3 is 9.84 Å². The first-order chi connectivity index (χ1) is 9.63. The van der Waals surface area contributed by atoms with Crippen molar-refractivity contribution in [3.8, 4) is 5.75 Å². The number of aliphatic hydroxyl groups is 1. The fourth-order valence-electron chi connectivity index (χ4n) is 4.24. The predicted octanol–water partition coefficient (Wildman–Crippen LogP) is 3.67. The first-order valence-electron chi connectivity index (χ1n) is 8.02. The van der Waals surface area contributed by atoms with E-state index in [0.29, 0.717) is 12.5 Å². The standard InChI is InChI=1S/C18H26O2/c1-12-7-13(2)9-15(8-12)18(19)16-10-14-5-3-4-6-17(14)20-11-16/h3-6,12-13,15-16,18-19H,7-11H2,1-2H3. The molecule has 1 aromatic rings. The Bertz CT molecular complexity index is 446. The van der Waals surface area contributed by atoms with Gasteiger partial charge in [-0.15, -0.1) is 0 Å². The zero-order valence-corrected chi connectivity index (χ0v) is 12.6. The lowest BCUT2D eigenvalue weighted by atomic mass is 9.71. The average molecular weight is 274 g/mol. The summed E-state index contributed by atoms with van der Waals surface area (Å²) >= 11 is 0. The molecule has 2 aliphatic rings. The van der Waals surface area contributed by atoms with Gasteiger partial charge in [0.05, 0.1) is 12.7 Å². The Morgan fingerprint density at radius 3 is 2.50 bits per heavy atom. The van der Waals surface area contributed by atoms with Crippen molar-refractivity contribution in [1.29, 1.82) is 0 Å². The van der Waals surface area contributed by atoms with E-state index >= 15 is 0 Å². The number of para-hydroxylation sites is 1. The van der Waals surface area contributed by atoms with Gasteiger partial charge in [-0.25, -0.2) is 0 Å². The third-order valence-corrected chi connectivity index (χ3v) is 5.09. The maximum absolute atomic E-state index is 10.8. The minimum Gasteiger partial charge on any atom is -0.493 e. The number of benzene rings is 1. The van der Waals surface area contributed by atoms with Gasteiger partial charge in [0.1, 0.15) is 5.75 Å². The molecule has 1 saturated carbocycles. The molecule has 2 heteroatoms. The van der Waals surface area contributed by atoms with Crippen LogP contribution < -0.4 is 4.74 Å². The van der Waals surface area contributed by atoms with Gasteiger partial charge in [-0.05, 0) is 55.1 Å². The van der Waals surface area contributed by atoms with Crippen LogP contribution in [0.5, 0.6) is 5.75 Å². The van der Waals surface area contributed by atoms with Crippen molar-refractivity contribution in [1.82, 2.24) is 0 Å². The van der Waals surface area contributed by atoms with Crippen LogP contribution in [0.4, 0.5) is 0 Å². The summed E-state index contributed by atoms with van der Waals surface area (Å²) in [7, 11) is 0. The summed E-state index contributed by atoms with van der Waals surface area (Å²) in [5.41, 5.74) is 1.25. The molecule has 1 aliphatic heterocycles. The Kier molecular flexibility index (Phi) is 4.02. The summed E-state index contributed by atoms with van der Waals surface area (Å²) in [6.07, 6.45) is 4.39. The summed E-state index contributed by atoms with van der Waals surface area (Å²) in [6.45, 7) is 5.31. The molecule has 0 aromatic heterocycles. The smallest absolute Gasteiger partial charge is 0.122 e. The fraction of sp³-hybridized carbons (Fsp3) is 0.667. The van der Waals surface area contributed by atoms with Gasteiger partial charge in [0.2, 0.25) is 0 Å². The largest absolute Gasteiger partial charge is 0.493 e. The molecule has 1 aliphatic carbocycles. The van der Waals surface area contributed by atoms with Crippen LogP contribution in [0.15, 0.2) is 24.3 Å². The van der Waals surface area contributed by atoms with Crippen molar-refractivity contribution >= 4 is 0 Å². The average Bonchev–Trinajstić information content (AvgIpc) is 2.45. The van der Waals surface area contributed by atoms with Crippen molar-refractivity contribution in [3.05, 3.63) is 29.8 Å². The fourth-order valence-corrected chi connectivity index (χ4v) is 4.24. The Morgan fingerprint density at radius 2 is 1.75 bits per heavy atom. The van der Waals surface area contributed by atoms with Crippen LogP contribution in [0.2, 0.25) is 0 Å². The highest BCUT2D eigenvalue weighted by atomic mass is 16.5. The van der Waals surface area contributed by atoms with Crippen molar-refractivity contribution in [2.24, 2.45) is 23.7 Å². The van der Waals surface area contributed by atoms with E-state index in [1.165, 1.54) is 24.8 Å². The summed E-state index contributed by atoms with van der Waals surface area (Å²) in [6, 6.07) is 8.23. The second-order valence-electron chi connectivity index (χ2n) is 7.05. The molecule has 20 heavy (non-hydrogen) atoms. The van der Waals surface area contributed by atoms with Gasteiger partial charge in [0, 0.05) is 5.92 Å². The molecule has 2 nitrogen and oxygen atoms in total.